The average Bonchev–Trinajstić information content (AvgIpc) is 3.27. The zero-order valence-corrected chi connectivity index (χ0v) is 20.8. The highest BCUT2D eigenvalue weighted by Crippen LogP contribution is 2.26. The first kappa shape index (κ1) is 24.2. The molecule has 1 atom stereocenters. The molecule has 7 nitrogen and oxygen atoms in total. The van der Waals surface area contributed by atoms with Gasteiger partial charge in [-0.1, -0.05) is 77.5 Å². The number of benzene rings is 3. The van der Waals surface area contributed by atoms with Gasteiger partial charge in [-0.25, -0.2) is 5.43 Å². The van der Waals surface area contributed by atoms with E-state index in [9.17, 15) is 4.79 Å². The third-order valence-electron chi connectivity index (χ3n) is 5.33. The van der Waals surface area contributed by atoms with E-state index < -0.39 is 5.25 Å². The van der Waals surface area contributed by atoms with Crippen LogP contribution in [0, 0.1) is 13.8 Å². The molecule has 0 aliphatic heterocycles. The number of nitrogens with one attached hydrogen (secondary N) is 2. The van der Waals surface area contributed by atoms with Gasteiger partial charge in [-0.05, 0) is 50.6 Å². The number of amides is 1. The maximum Gasteiger partial charge on any atom is 0.253 e. The van der Waals surface area contributed by atoms with Crippen LogP contribution in [0.2, 0.25) is 0 Å². The summed E-state index contributed by atoms with van der Waals surface area (Å²) in [6.07, 6.45) is 1.63. The van der Waals surface area contributed by atoms with E-state index in [1.54, 1.807) is 6.21 Å². The monoisotopic (exact) mass is 484 g/mol. The lowest BCUT2D eigenvalue weighted by molar-refractivity contribution is -0.120. The van der Waals surface area contributed by atoms with Gasteiger partial charge in [-0.3, -0.25) is 9.36 Å². The number of carbonyl (C=O) groups is 1. The van der Waals surface area contributed by atoms with Crippen molar-refractivity contribution in [2.24, 2.45) is 5.10 Å². The fourth-order valence-electron chi connectivity index (χ4n) is 3.31. The molecule has 4 aromatic rings. The Morgan fingerprint density at radius 3 is 2.31 bits per heavy atom. The number of hydrogen-bond donors (Lipinski definition) is 2. The minimum Gasteiger partial charge on any atom is -0.378 e. The molecule has 178 valence electrons. The highest BCUT2D eigenvalue weighted by Gasteiger charge is 2.21. The molecule has 2 N–H and O–H groups in total. The van der Waals surface area contributed by atoms with Gasteiger partial charge in [-0.2, -0.15) is 5.10 Å². The smallest absolute Gasteiger partial charge is 0.253 e. The Morgan fingerprint density at radius 2 is 1.63 bits per heavy atom. The first-order chi connectivity index (χ1) is 17.0. The summed E-state index contributed by atoms with van der Waals surface area (Å²) < 4.78 is 1.98. The third-order valence-corrected chi connectivity index (χ3v) is 6.38. The maximum absolute atomic E-state index is 12.7. The number of aryl methyl sites for hydroxylation is 2. The van der Waals surface area contributed by atoms with Gasteiger partial charge >= 0.3 is 0 Å². The van der Waals surface area contributed by atoms with Crippen molar-refractivity contribution in [3.63, 3.8) is 0 Å². The molecule has 3 aromatic carbocycles. The maximum atomic E-state index is 12.7. The topological polar surface area (TPSA) is 84.2 Å². The van der Waals surface area contributed by atoms with Gasteiger partial charge < -0.3 is 5.32 Å². The average molecular weight is 485 g/mol. The third kappa shape index (κ3) is 6.58. The summed E-state index contributed by atoms with van der Waals surface area (Å²) in [7, 11) is 0. The number of carbonyl (C=O) groups excluding carboxylic acids is 1. The van der Waals surface area contributed by atoms with Crippen LogP contribution in [-0.2, 0) is 11.3 Å². The Labute approximate surface area is 209 Å². The standard InChI is InChI=1S/C27H28N6OS/c1-19-9-13-22(14-10-19)17-29-31-26(34)21(3)35-27-32-30-25(33(27)24-7-5-4-6-8-24)18-28-23-15-11-20(2)12-16-23/h4-17,21,28H,18H2,1-3H3,(H,31,34)/t21-/m0/s1. The summed E-state index contributed by atoms with van der Waals surface area (Å²) in [5.41, 5.74) is 7.87. The number of nitrogens with zero attached hydrogens (tertiary/aromatic N) is 4. The van der Waals surface area contributed by atoms with Crippen LogP contribution in [0.3, 0.4) is 0 Å². The lowest BCUT2D eigenvalue weighted by Gasteiger charge is -2.13. The first-order valence-electron chi connectivity index (χ1n) is 11.4. The predicted molar refractivity (Wildman–Crippen MR) is 142 cm³/mol. The lowest BCUT2D eigenvalue weighted by atomic mass is 10.2. The van der Waals surface area contributed by atoms with Crippen molar-refractivity contribution in [1.29, 1.82) is 0 Å². The number of para-hydroxylation sites is 1. The Kier molecular flexibility index (Phi) is 7.95. The summed E-state index contributed by atoms with van der Waals surface area (Å²) >= 11 is 1.34. The molecule has 0 aliphatic rings. The second-order valence-electron chi connectivity index (χ2n) is 8.19. The Balaban J connectivity index is 1.46. The summed E-state index contributed by atoms with van der Waals surface area (Å²) in [4.78, 5) is 12.7. The summed E-state index contributed by atoms with van der Waals surface area (Å²) in [6, 6.07) is 26.0. The molecule has 8 heteroatoms. The highest BCUT2D eigenvalue weighted by atomic mass is 32.2. The van der Waals surface area contributed by atoms with Gasteiger partial charge in [0.1, 0.15) is 0 Å². The molecule has 1 heterocycles. The summed E-state index contributed by atoms with van der Waals surface area (Å²) in [5, 5.41) is 16.5. The van der Waals surface area contributed by atoms with E-state index in [0.29, 0.717) is 11.7 Å². The van der Waals surface area contributed by atoms with Crippen molar-refractivity contribution in [1.82, 2.24) is 20.2 Å². The fraction of sp³-hybridized carbons (Fsp3) is 0.185. The molecule has 4 rings (SSSR count). The molecule has 0 aliphatic carbocycles. The molecule has 0 bridgehead atoms. The second-order valence-corrected chi connectivity index (χ2v) is 9.50. The van der Waals surface area contributed by atoms with Crippen LogP contribution in [0.15, 0.2) is 89.1 Å². The SMILES string of the molecule is Cc1ccc(C=NNC(=O)[C@H](C)Sc2nnc(CNc3ccc(C)cc3)n2-c2ccccc2)cc1. The van der Waals surface area contributed by atoms with E-state index in [2.05, 4.69) is 45.1 Å². The van der Waals surface area contributed by atoms with Crippen LogP contribution in [0.4, 0.5) is 5.69 Å². The molecule has 0 saturated carbocycles. The van der Waals surface area contributed by atoms with E-state index in [4.69, 9.17) is 0 Å². The van der Waals surface area contributed by atoms with Crippen molar-refractivity contribution in [2.45, 2.75) is 37.7 Å². The summed E-state index contributed by atoms with van der Waals surface area (Å²) in [5.74, 6) is 0.546. The number of rotatable bonds is 9. The number of anilines is 1. The van der Waals surface area contributed by atoms with Gasteiger partial charge in [-0.15, -0.1) is 10.2 Å². The molecule has 0 unspecified atom stereocenters. The van der Waals surface area contributed by atoms with Crippen molar-refractivity contribution in [3.05, 3.63) is 101 Å². The van der Waals surface area contributed by atoms with Crippen molar-refractivity contribution < 1.29 is 4.79 Å². The van der Waals surface area contributed by atoms with Gasteiger partial charge in [0.2, 0.25) is 0 Å². The largest absolute Gasteiger partial charge is 0.378 e. The molecule has 0 saturated heterocycles. The molecular weight excluding hydrogens is 456 g/mol. The Hall–Kier alpha value is -3.91. The normalized spacial score (nSPS) is 12.0. The van der Waals surface area contributed by atoms with Gasteiger partial charge in [0.15, 0.2) is 11.0 Å². The molecule has 0 fully saturated rings. The highest BCUT2D eigenvalue weighted by molar-refractivity contribution is 8.00. The van der Waals surface area contributed by atoms with Crippen LogP contribution in [0.25, 0.3) is 5.69 Å². The molecule has 0 radical (unpaired) electrons. The minimum absolute atomic E-state index is 0.208. The van der Waals surface area contributed by atoms with Crippen LogP contribution in [0.1, 0.15) is 29.4 Å². The molecule has 1 amide bonds. The van der Waals surface area contributed by atoms with Crippen LogP contribution < -0.4 is 10.7 Å². The molecule has 1 aromatic heterocycles. The minimum atomic E-state index is -0.422. The first-order valence-corrected chi connectivity index (χ1v) is 12.2. The Morgan fingerprint density at radius 1 is 0.971 bits per heavy atom. The number of aromatic nitrogens is 3. The molecule has 0 spiro atoms. The van der Waals surface area contributed by atoms with E-state index in [-0.39, 0.29) is 5.91 Å². The van der Waals surface area contributed by atoms with E-state index in [1.165, 1.54) is 22.9 Å². The van der Waals surface area contributed by atoms with Gasteiger partial charge in [0, 0.05) is 11.4 Å². The van der Waals surface area contributed by atoms with Gasteiger partial charge in [0.05, 0.1) is 18.0 Å². The zero-order valence-electron chi connectivity index (χ0n) is 20.0. The molecule has 35 heavy (non-hydrogen) atoms. The fourth-order valence-corrected chi connectivity index (χ4v) is 4.19. The van der Waals surface area contributed by atoms with Crippen LogP contribution in [0.5, 0.6) is 0 Å². The van der Waals surface area contributed by atoms with Crippen molar-refractivity contribution in [3.8, 4) is 5.69 Å². The molecular formula is C27H28N6OS. The predicted octanol–water partition coefficient (Wildman–Crippen LogP) is 5.13. The van der Waals surface area contributed by atoms with E-state index in [1.807, 2.05) is 85.1 Å². The number of hydrogen-bond acceptors (Lipinski definition) is 6. The van der Waals surface area contributed by atoms with Crippen LogP contribution >= 0.6 is 11.8 Å². The number of thioether (sulfide) groups is 1. The summed E-state index contributed by atoms with van der Waals surface area (Å²) in [6.45, 7) is 6.41. The number of hydrazone groups is 1. The van der Waals surface area contributed by atoms with Crippen molar-refractivity contribution >= 4 is 29.6 Å². The Bertz CT molecular complexity index is 1280. The van der Waals surface area contributed by atoms with E-state index in [0.717, 1.165) is 22.8 Å². The lowest BCUT2D eigenvalue weighted by Crippen LogP contribution is -2.27. The quantitative estimate of drug-likeness (QED) is 0.196. The second kappa shape index (κ2) is 11.5. The van der Waals surface area contributed by atoms with E-state index >= 15 is 0 Å². The zero-order chi connectivity index (χ0) is 24.6. The van der Waals surface area contributed by atoms with Gasteiger partial charge in [0.25, 0.3) is 5.91 Å². The van der Waals surface area contributed by atoms with Crippen LogP contribution in [-0.4, -0.2) is 32.1 Å². The van der Waals surface area contributed by atoms with Crippen molar-refractivity contribution in [2.75, 3.05) is 5.32 Å².